The van der Waals surface area contributed by atoms with Crippen LogP contribution < -0.4 is 0 Å². The Balaban J connectivity index is 2.73. The second kappa shape index (κ2) is 1.47. The van der Waals surface area contributed by atoms with Gasteiger partial charge in [0.25, 0.3) is 0 Å². The van der Waals surface area contributed by atoms with E-state index in [0.717, 1.165) is 6.42 Å². The van der Waals surface area contributed by atoms with Crippen molar-refractivity contribution in [3.8, 4) is 0 Å². The van der Waals surface area contributed by atoms with E-state index in [4.69, 9.17) is 0 Å². The van der Waals surface area contributed by atoms with Gasteiger partial charge in [-0.1, -0.05) is 6.92 Å². The summed E-state index contributed by atoms with van der Waals surface area (Å²) in [5.41, 5.74) is 0. The van der Waals surface area contributed by atoms with E-state index >= 15 is 0 Å². The maximum Gasteiger partial charge on any atom is 0.158 e. The third-order valence-electron chi connectivity index (χ3n) is 1.79. The van der Waals surface area contributed by atoms with Crippen molar-refractivity contribution in [2.75, 3.05) is 0 Å². The molecule has 1 fully saturated rings. The van der Waals surface area contributed by atoms with Crippen molar-refractivity contribution in [3.63, 3.8) is 0 Å². The summed E-state index contributed by atoms with van der Waals surface area (Å²) in [5.74, 6) is 0. The molecule has 1 heterocycles. The van der Waals surface area contributed by atoms with E-state index < -0.39 is 9.84 Å². The molecule has 0 spiro atoms. The van der Waals surface area contributed by atoms with E-state index in [0.29, 0.717) is 0 Å². The molecule has 0 radical (unpaired) electrons. The summed E-state index contributed by atoms with van der Waals surface area (Å²) in [4.78, 5) is 0. The van der Waals surface area contributed by atoms with Gasteiger partial charge < -0.3 is 0 Å². The molecule has 0 bridgehead atoms. The number of sulfone groups is 1. The number of hydrogen-bond acceptors (Lipinski definition) is 2. The predicted molar refractivity (Wildman–Crippen MR) is 32.5 cm³/mol. The molecule has 1 saturated heterocycles. The zero-order valence-corrected chi connectivity index (χ0v) is 5.90. The number of hydrogen-bond donors (Lipinski definition) is 0. The quantitative estimate of drug-likeness (QED) is 0.492. The van der Waals surface area contributed by atoms with Gasteiger partial charge in [-0.15, -0.1) is 0 Å². The summed E-state index contributed by atoms with van der Waals surface area (Å²) in [6.07, 6.45) is 0.781. The van der Waals surface area contributed by atoms with Crippen molar-refractivity contribution in [1.29, 1.82) is 0 Å². The van der Waals surface area contributed by atoms with Crippen LogP contribution in [0.2, 0.25) is 0 Å². The van der Waals surface area contributed by atoms with Crippen molar-refractivity contribution in [3.05, 3.63) is 0 Å². The molecule has 48 valence electrons. The van der Waals surface area contributed by atoms with Gasteiger partial charge in [0.2, 0.25) is 0 Å². The van der Waals surface area contributed by atoms with Crippen LogP contribution in [0.1, 0.15) is 20.3 Å². The summed E-state index contributed by atoms with van der Waals surface area (Å²) in [5, 5.41) is -0.0602. The molecule has 0 N–H and O–H groups in total. The molecule has 0 amide bonds. The Labute approximate surface area is 49.8 Å². The molecule has 1 rings (SSSR count). The third kappa shape index (κ3) is 0.573. The first-order chi connectivity index (χ1) is 3.60. The van der Waals surface area contributed by atoms with Crippen LogP contribution in [0.5, 0.6) is 0 Å². The van der Waals surface area contributed by atoms with Crippen molar-refractivity contribution < 1.29 is 8.42 Å². The van der Waals surface area contributed by atoms with Gasteiger partial charge >= 0.3 is 0 Å². The fraction of sp³-hybridized carbons (Fsp3) is 1.00. The highest BCUT2D eigenvalue weighted by Gasteiger charge is 2.51. The van der Waals surface area contributed by atoms with E-state index in [9.17, 15) is 8.42 Å². The minimum atomic E-state index is -2.59. The molecule has 2 nitrogen and oxygen atoms in total. The summed E-state index contributed by atoms with van der Waals surface area (Å²) in [6, 6.07) is 0. The minimum absolute atomic E-state index is 0.0116. The second-order valence-electron chi connectivity index (χ2n) is 2.24. The van der Waals surface area contributed by atoms with Crippen molar-refractivity contribution in [1.82, 2.24) is 0 Å². The Bertz CT molecular complexity index is 181. The van der Waals surface area contributed by atoms with Gasteiger partial charge in [0.05, 0.1) is 10.5 Å². The van der Waals surface area contributed by atoms with Crippen molar-refractivity contribution in [2.24, 2.45) is 0 Å². The highest BCUT2D eigenvalue weighted by atomic mass is 32.2. The maximum absolute atomic E-state index is 10.6. The highest BCUT2D eigenvalue weighted by molar-refractivity contribution is 7.99. The Kier molecular flexibility index (Phi) is 1.11. The van der Waals surface area contributed by atoms with E-state index in [-0.39, 0.29) is 10.5 Å². The van der Waals surface area contributed by atoms with Crippen molar-refractivity contribution >= 4 is 9.84 Å². The van der Waals surface area contributed by atoms with Gasteiger partial charge in [0.1, 0.15) is 0 Å². The van der Waals surface area contributed by atoms with E-state index in [1.807, 2.05) is 6.92 Å². The molecule has 1 aliphatic heterocycles. The van der Waals surface area contributed by atoms with Crippen LogP contribution in [0.15, 0.2) is 0 Å². The Morgan fingerprint density at radius 3 is 1.88 bits per heavy atom. The van der Waals surface area contributed by atoms with Crippen LogP contribution in [0.3, 0.4) is 0 Å². The van der Waals surface area contributed by atoms with E-state index in [2.05, 4.69) is 0 Å². The van der Waals surface area contributed by atoms with Crippen LogP contribution in [0, 0.1) is 0 Å². The van der Waals surface area contributed by atoms with E-state index in [1.54, 1.807) is 6.92 Å². The average Bonchev–Trinajstić information content (AvgIpc) is 2.09. The molecule has 0 aromatic carbocycles. The van der Waals surface area contributed by atoms with E-state index in [1.165, 1.54) is 0 Å². The SMILES string of the molecule is CC[C@@H]1[C@H](C)S1(=O)=O. The monoisotopic (exact) mass is 134 g/mol. The fourth-order valence-corrected chi connectivity index (χ4v) is 2.89. The summed E-state index contributed by atoms with van der Waals surface area (Å²) in [7, 11) is -2.59. The minimum Gasteiger partial charge on any atom is -0.228 e. The zero-order chi connectivity index (χ0) is 6.36. The largest absolute Gasteiger partial charge is 0.228 e. The van der Waals surface area contributed by atoms with Crippen LogP contribution in [0.4, 0.5) is 0 Å². The molecule has 2 atom stereocenters. The summed E-state index contributed by atoms with van der Waals surface area (Å²) in [6.45, 7) is 3.68. The Hall–Kier alpha value is -0.0500. The van der Waals surface area contributed by atoms with Crippen LogP contribution in [-0.2, 0) is 9.84 Å². The first-order valence-electron chi connectivity index (χ1n) is 2.83. The first kappa shape index (κ1) is 6.08. The third-order valence-corrected chi connectivity index (χ3v) is 4.43. The smallest absolute Gasteiger partial charge is 0.158 e. The maximum atomic E-state index is 10.6. The molecule has 0 saturated carbocycles. The van der Waals surface area contributed by atoms with Crippen LogP contribution in [0.25, 0.3) is 0 Å². The molecule has 0 aromatic heterocycles. The fourth-order valence-electron chi connectivity index (χ4n) is 1.03. The Morgan fingerprint density at radius 1 is 1.50 bits per heavy atom. The molecule has 1 aliphatic rings. The lowest BCUT2D eigenvalue weighted by atomic mass is 10.3. The van der Waals surface area contributed by atoms with Gasteiger partial charge in [0, 0.05) is 0 Å². The molecule has 8 heavy (non-hydrogen) atoms. The molecular weight excluding hydrogens is 124 g/mol. The van der Waals surface area contributed by atoms with Gasteiger partial charge in [-0.3, -0.25) is 0 Å². The summed E-state index contributed by atoms with van der Waals surface area (Å²) < 4.78 is 21.3. The summed E-state index contributed by atoms with van der Waals surface area (Å²) >= 11 is 0. The average molecular weight is 134 g/mol. The lowest BCUT2D eigenvalue weighted by Crippen LogP contribution is -1.83. The predicted octanol–water partition coefficient (Wildman–Crippen LogP) is 0.582. The molecule has 3 heteroatoms. The lowest BCUT2D eigenvalue weighted by molar-refractivity contribution is 0.610. The normalized spacial score (nSPS) is 41.8. The van der Waals surface area contributed by atoms with Gasteiger partial charge in [-0.2, -0.15) is 0 Å². The van der Waals surface area contributed by atoms with Crippen LogP contribution in [-0.4, -0.2) is 18.9 Å². The first-order valence-corrected chi connectivity index (χ1v) is 4.44. The van der Waals surface area contributed by atoms with Gasteiger partial charge in [0.15, 0.2) is 9.84 Å². The van der Waals surface area contributed by atoms with Gasteiger partial charge in [-0.05, 0) is 13.3 Å². The molecule has 0 unspecified atom stereocenters. The highest BCUT2D eigenvalue weighted by Crippen LogP contribution is 2.34. The topological polar surface area (TPSA) is 34.1 Å². The molecule has 0 aromatic rings. The van der Waals surface area contributed by atoms with Crippen molar-refractivity contribution in [2.45, 2.75) is 30.8 Å². The molecular formula is C5H10O2S. The Morgan fingerprint density at radius 2 is 1.88 bits per heavy atom. The molecule has 0 aliphatic carbocycles. The lowest BCUT2D eigenvalue weighted by Gasteiger charge is -1.73. The standard InChI is InChI=1S/C5H10O2S/c1-3-5-4(2)8(5,6)7/h4-5H,3H2,1-2H3/t4-,5+/m0/s1. The van der Waals surface area contributed by atoms with Gasteiger partial charge in [-0.25, -0.2) is 8.42 Å². The second-order valence-corrected chi connectivity index (χ2v) is 4.77. The van der Waals surface area contributed by atoms with Crippen LogP contribution >= 0.6 is 0 Å². The number of rotatable bonds is 1. The zero-order valence-electron chi connectivity index (χ0n) is 5.09.